The topological polar surface area (TPSA) is 51.0 Å². The molecule has 0 radical (unpaired) electrons. The Balaban J connectivity index is 0.00000147. The summed E-state index contributed by atoms with van der Waals surface area (Å²) in [6, 6.07) is 4.99. The number of nitrogens with zero attached hydrogens (tertiary/aromatic N) is 2. The second-order valence-electron chi connectivity index (χ2n) is 4.92. The summed E-state index contributed by atoms with van der Waals surface area (Å²) in [4.78, 5) is 4.41. The first-order valence-electron chi connectivity index (χ1n) is 6.57. The zero-order valence-corrected chi connectivity index (χ0v) is 12.0. The number of halogens is 2. The Morgan fingerprint density at radius 1 is 1.35 bits per heavy atom. The minimum Gasteiger partial charge on any atom is -0.337 e. The van der Waals surface area contributed by atoms with Crippen LogP contribution in [0.15, 0.2) is 22.7 Å². The molecule has 108 valence electrons. The van der Waals surface area contributed by atoms with Crippen molar-refractivity contribution in [3.63, 3.8) is 0 Å². The maximum Gasteiger partial charge on any atom is 0.244 e. The van der Waals surface area contributed by atoms with E-state index in [9.17, 15) is 4.39 Å². The molecular formula is C14H17ClFN3O. The van der Waals surface area contributed by atoms with Crippen molar-refractivity contribution in [2.24, 2.45) is 0 Å². The Labute approximate surface area is 123 Å². The van der Waals surface area contributed by atoms with Gasteiger partial charge in [0.1, 0.15) is 5.82 Å². The molecule has 1 atom stereocenters. The van der Waals surface area contributed by atoms with Gasteiger partial charge in [-0.15, -0.1) is 12.4 Å². The minimum absolute atomic E-state index is 0. The fraction of sp³-hybridized carbons (Fsp3) is 0.429. The van der Waals surface area contributed by atoms with Gasteiger partial charge in [0.25, 0.3) is 0 Å². The van der Waals surface area contributed by atoms with E-state index in [4.69, 9.17) is 4.52 Å². The molecule has 1 aliphatic heterocycles. The lowest BCUT2D eigenvalue weighted by Crippen LogP contribution is -2.26. The lowest BCUT2D eigenvalue weighted by atomic mass is 10.1. The van der Waals surface area contributed by atoms with Crippen LogP contribution in [0.4, 0.5) is 4.39 Å². The predicted molar refractivity (Wildman–Crippen MR) is 76.3 cm³/mol. The third kappa shape index (κ3) is 2.99. The van der Waals surface area contributed by atoms with Crippen molar-refractivity contribution >= 4 is 12.4 Å². The van der Waals surface area contributed by atoms with Gasteiger partial charge < -0.3 is 9.84 Å². The van der Waals surface area contributed by atoms with Crippen LogP contribution in [0.1, 0.15) is 36.8 Å². The molecule has 0 bridgehead atoms. The minimum atomic E-state index is -0.221. The van der Waals surface area contributed by atoms with E-state index in [-0.39, 0.29) is 24.3 Å². The normalized spacial score (nSPS) is 18.6. The van der Waals surface area contributed by atoms with Crippen LogP contribution >= 0.6 is 12.4 Å². The number of nitrogens with one attached hydrogen (secondary N) is 1. The fourth-order valence-electron chi connectivity index (χ4n) is 2.34. The molecule has 1 saturated heterocycles. The summed E-state index contributed by atoms with van der Waals surface area (Å²) < 4.78 is 18.5. The van der Waals surface area contributed by atoms with E-state index < -0.39 is 0 Å². The van der Waals surface area contributed by atoms with Gasteiger partial charge in [-0.2, -0.15) is 4.98 Å². The molecule has 2 aromatic rings. The summed E-state index contributed by atoms with van der Waals surface area (Å²) in [6.07, 6.45) is 3.38. The van der Waals surface area contributed by atoms with Crippen LogP contribution in [-0.2, 0) is 0 Å². The second kappa shape index (κ2) is 6.33. The molecule has 0 spiro atoms. The van der Waals surface area contributed by atoms with Crippen molar-refractivity contribution in [1.29, 1.82) is 0 Å². The first-order chi connectivity index (χ1) is 9.24. The summed E-state index contributed by atoms with van der Waals surface area (Å²) in [5.41, 5.74) is 1.37. The van der Waals surface area contributed by atoms with Crippen molar-refractivity contribution in [3.05, 3.63) is 35.5 Å². The monoisotopic (exact) mass is 297 g/mol. The highest BCUT2D eigenvalue weighted by atomic mass is 35.5. The van der Waals surface area contributed by atoms with Crippen LogP contribution in [0.3, 0.4) is 0 Å². The highest BCUT2D eigenvalue weighted by molar-refractivity contribution is 5.85. The van der Waals surface area contributed by atoms with Gasteiger partial charge in [-0.1, -0.05) is 11.6 Å². The van der Waals surface area contributed by atoms with Crippen molar-refractivity contribution in [2.75, 3.05) is 6.54 Å². The van der Waals surface area contributed by atoms with Crippen molar-refractivity contribution in [2.45, 2.75) is 32.2 Å². The second-order valence-corrected chi connectivity index (χ2v) is 4.92. The largest absolute Gasteiger partial charge is 0.337 e. The average molecular weight is 298 g/mol. The van der Waals surface area contributed by atoms with E-state index >= 15 is 0 Å². The molecular weight excluding hydrogens is 281 g/mol. The molecule has 1 fully saturated rings. The number of hydrogen-bond donors (Lipinski definition) is 1. The first-order valence-corrected chi connectivity index (χ1v) is 6.57. The Hall–Kier alpha value is -1.46. The summed E-state index contributed by atoms with van der Waals surface area (Å²) >= 11 is 0. The maximum absolute atomic E-state index is 13.2. The molecule has 0 unspecified atom stereocenters. The van der Waals surface area contributed by atoms with Gasteiger partial charge in [0.2, 0.25) is 11.7 Å². The van der Waals surface area contributed by atoms with Gasteiger partial charge in [-0.25, -0.2) is 4.39 Å². The van der Waals surface area contributed by atoms with E-state index in [2.05, 4.69) is 15.5 Å². The summed E-state index contributed by atoms with van der Waals surface area (Å²) in [7, 11) is 0. The average Bonchev–Trinajstić information content (AvgIpc) is 2.93. The van der Waals surface area contributed by atoms with Gasteiger partial charge in [-0.3, -0.25) is 0 Å². The van der Waals surface area contributed by atoms with E-state index in [1.807, 2.05) is 0 Å². The Bertz CT molecular complexity index is 582. The number of benzene rings is 1. The van der Waals surface area contributed by atoms with Crippen LogP contribution in [0.5, 0.6) is 0 Å². The Morgan fingerprint density at radius 3 is 2.90 bits per heavy atom. The zero-order chi connectivity index (χ0) is 13.2. The number of aryl methyl sites for hydroxylation is 1. The Morgan fingerprint density at radius 2 is 2.20 bits per heavy atom. The lowest BCUT2D eigenvalue weighted by molar-refractivity contribution is 0.297. The number of piperidine rings is 1. The van der Waals surface area contributed by atoms with Gasteiger partial charge in [0.05, 0.1) is 6.04 Å². The predicted octanol–water partition coefficient (Wildman–Crippen LogP) is 3.42. The summed E-state index contributed by atoms with van der Waals surface area (Å²) in [6.45, 7) is 2.71. The van der Waals surface area contributed by atoms with Crippen LogP contribution in [-0.4, -0.2) is 16.7 Å². The fourth-order valence-corrected chi connectivity index (χ4v) is 2.34. The number of hydrogen-bond acceptors (Lipinski definition) is 4. The molecule has 0 amide bonds. The maximum atomic E-state index is 13.2. The molecule has 1 aromatic heterocycles. The van der Waals surface area contributed by atoms with Crippen LogP contribution < -0.4 is 5.32 Å². The molecule has 3 rings (SSSR count). The molecule has 20 heavy (non-hydrogen) atoms. The van der Waals surface area contributed by atoms with Gasteiger partial charge in [-0.05, 0) is 50.1 Å². The molecule has 6 heteroatoms. The third-order valence-corrected chi connectivity index (χ3v) is 3.47. The van der Waals surface area contributed by atoms with Crippen molar-refractivity contribution in [1.82, 2.24) is 15.5 Å². The third-order valence-electron chi connectivity index (χ3n) is 3.47. The highest BCUT2D eigenvalue weighted by Crippen LogP contribution is 2.25. The lowest BCUT2D eigenvalue weighted by Gasteiger charge is -2.19. The molecule has 1 aliphatic rings. The number of rotatable bonds is 2. The summed E-state index contributed by atoms with van der Waals surface area (Å²) in [5.74, 6) is 0.920. The van der Waals surface area contributed by atoms with Gasteiger partial charge >= 0.3 is 0 Å². The first kappa shape index (κ1) is 14.9. The summed E-state index contributed by atoms with van der Waals surface area (Å²) in [5, 5.41) is 7.35. The van der Waals surface area contributed by atoms with E-state index in [1.165, 1.54) is 18.9 Å². The molecule has 0 aliphatic carbocycles. The van der Waals surface area contributed by atoms with Crippen LogP contribution in [0.2, 0.25) is 0 Å². The van der Waals surface area contributed by atoms with Crippen molar-refractivity contribution in [3.8, 4) is 11.4 Å². The number of aromatic nitrogens is 2. The highest BCUT2D eigenvalue weighted by Gasteiger charge is 2.21. The molecule has 2 heterocycles. The quantitative estimate of drug-likeness (QED) is 0.923. The SMILES string of the molecule is Cc1cc(-c2noc([C@@H]3CCCCN3)n2)ccc1F.Cl. The zero-order valence-electron chi connectivity index (χ0n) is 11.2. The molecule has 4 nitrogen and oxygen atoms in total. The molecule has 1 N–H and O–H groups in total. The van der Waals surface area contributed by atoms with Gasteiger partial charge in [0.15, 0.2) is 0 Å². The standard InChI is InChI=1S/C14H16FN3O.ClH/c1-9-8-10(5-6-11(9)15)13-17-14(19-18-13)12-4-2-3-7-16-12;/h5-6,8,12,16H,2-4,7H2,1H3;1H/t12-;/m0./s1. The van der Waals surface area contributed by atoms with Crippen LogP contribution in [0.25, 0.3) is 11.4 Å². The van der Waals surface area contributed by atoms with E-state index in [0.29, 0.717) is 17.3 Å². The van der Waals surface area contributed by atoms with Crippen molar-refractivity contribution < 1.29 is 8.91 Å². The van der Waals surface area contributed by atoms with E-state index in [1.54, 1.807) is 19.1 Å². The smallest absolute Gasteiger partial charge is 0.244 e. The molecule has 1 aromatic carbocycles. The van der Waals surface area contributed by atoms with Crippen LogP contribution in [0, 0.1) is 12.7 Å². The van der Waals surface area contributed by atoms with E-state index in [0.717, 1.165) is 18.5 Å². The Kier molecular flexibility index (Phi) is 4.73. The van der Waals surface area contributed by atoms with Gasteiger partial charge in [0, 0.05) is 5.56 Å². The molecule has 0 saturated carbocycles.